The maximum atomic E-state index is 14.0. The van der Waals surface area contributed by atoms with Gasteiger partial charge in [-0.3, -0.25) is 13.9 Å². The Kier molecular flexibility index (Phi) is 11.9. The highest BCUT2D eigenvalue weighted by Crippen LogP contribution is 2.28. The standard InChI is InChI=1S/C29H32BrCl2N3O4S/c1-3-5-16-33-29(37)27(4-2)34(19-21-14-15-25(31)26(32)17-21)28(36)20-35(23-11-9-10-22(30)18-23)40(38,39)24-12-7-6-8-13-24/h6-15,17-18,27H,3-5,16,19-20H2,1-2H3,(H,33,37). The fraction of sp³-hybridized carbons (Fsp3) is 0.310. The van der Waals surface area contributed by atoms with Crippen LogP contribution in [0.15, 0.2) is 82.2 Å². The molecule has 0 heterocycles. The molecule has 0 aliphatic carbocycles. The molecular weight excluding hydrogens is 637 g/mol. The molecular formula is C29H32BrCl2N3O4S. The molecule has 0 aliphatic heterocycles. The van der Waals surface area contributed by atoms with Crippen LogP contribution in [0.1, 0.15) is 38.7 Å². The zero-order valence-corrected chi connectivity index (χ0v) is 26.2. The molecule has 0 bridgehead atoms. The van der Waals surface area contributed by atoms with Crippen LogP contribution in [-0.2, 0) is 26.2 Å². The number of nitrogens with one attached hydrogen (secondary N) is 1. The lowest BCUT2D eigenvalue weighted by Crippen LogP contribution is -2.52. The fourth-order valence-corrected chi connectivity index (χ4v) is 6.27. The number of anilines is 1. The predicted octanol–water partition coefficient (Wildman–Crippen LogP) is 6.67. The van der Waals surface area contributed by atoms with E-state index in [2.05, 4.69) is 21.2 Å². The summed E-state index contributed by atoms with van der Waals surface area (Å²) in [5, 5.41) is 3.58. The van der Waals surface area contributed by atoms with Crippen LogP contribution in [0.3, 0.4) is 0 Å². The summed E-state index contributed by atoms with van der Waals surface area (Å²) in [5.74, 6) is -0.840. The third-order valence-electron chi connectivity index (χ3n) is 6.26. The minimum Gasteiger partial charge on any atom is -0.354 e. The highest BCUT2D eigenvalue weighted by atomic mass is 79.9. The van der Waals surface area contributed by atoms with Gasteiger partial charge in [-0.1, -0.05) is 89.7 Å². The molecule has 1 N–H and O–H groups in total. The summed E-state index contributed by atoms with van der Waals surface area (Å²) in [6.07, 6.45) is 2.03. The maximum absolute atomic E-state index is 14.0. The van der Waals surface area contributed by atoms with Gasteiger partial charge in [-0.15, -0.1) is 0 Å². The van der Waals surface area contributed by atoms with Gasteiger partial charge in [-0.2, -0.15) is 0 Å². The second-order valence-electron chi connectivity index (χ2n) is 9.14. The Labute approximate surface area is 254 Å². The van der Waals surface area contributed by atoms with Crippen LogP contribution in [-0.4, -0.2) is 44.3 Å². The first-order valence-electron chi connectivity index (χ1n) is 12.9. The van der Waals surface area contributed by atoms with E-state index in [9.17, 15) is 18.0 Å². The molecule has 0 spiro atoms. The number of benzene rings is 3. The average molecular weight is 669 g/mol. The summed E-state index contributed by atoms with van der Waals surface area (Å²) in [5.41, 5.74) is 0.962. The Morgan fingerprint density at radius 3 is 2.30 bits per heavy atom. The van der Waals surface area contributed by atoms with E-state index >= 15 is 0 Å². The number of rotatable bonds is 13. The summed E-state index contributed by atoms with van der Waals surface area (Å²) in [6, 6.07) is 18.8. The molecule has 0 aliphatic rings. The van der Waals surface area contributed by atoms with E-state index in [-0.39, 0.29) is 17.3 Å². The van der Waals surface area contributed by atoms with Crippen LogP contribution in [0.25, 0.3) is 0 Å². The summed E-state index contributed by atoms with van der Waals surface area (Å²) in [7, 11) is -4.13. The van der Waals surface area contributed by atoms with Crippen LogP contribution < -0.4 is 9.62 Å². The normalized spacial score (nSPS) is 12.0. The molecule has 0 saturated heterocycles. The van der Waals surface area contributed by atoms with Gasteiger partial charge in [0.25, 0.3) is 10.0 Å². The van der Waals surface area contributed by atoms with Gasteiger partial charge in [-0.25, -0.2) is 8.42 Å². The molecule has 11 heteroatoms. The fourth-order valence-electron chi connectivity index (χ4n) is 4.14. The van der Waals surface area contributed by atoms with E-state index in [0.717, 1.165) is 17.1 Å². The minimum absolute atomic E-state index is 0.0349. The van der Waals surface area contributed by atoms with Crippen LogP contribution in [0.5, 0.6) is 0 Å². The lowest BCUT2D eigenvalue weighted by Gasteiger charge is -2.33. The smallest absolute Gasteiger partial charge is 0.264 e. The molecule has 0 saturated carbocycles. The van der Waals surface area contributed by atoms with Crippen molar-refractivity contribution in [2.45, 2.75) is 50.6 Å². The number of hydrogen-bond acceptors (Lipinski definition) is 4. The Morgan fingerprint density at radius 2 is 1.68 bits per heavy atom. The molecule has 214 valence electrons. The molecule has 3 rings (SSSR count). The topological polar surface area (TPSA) is 86.8 Å². The number of hydrogen-bond donors (Lipinski definition) is 1. The molecule has 0 fully saturated rings. The molecule has 3 aromatic rings. The first kappa shape index (κ1) is 31.9. The van der Waals surface area contributed by atoms with Gasteiger partial charge in [0.2, 0.25) is 11.8 Å². The Balaban J connectivity index is 2.04. The van der Waals surface area contributed by atoms with E-state index in [0.29, 0.717) is 38.7 Å². The van der Waals surface area contributed by atoms with Crippen molar-refractivity contribution < 1.29 is 18.0 Å². The quantitative estimate of drug-likeness (QED) is 0.206. The number of nitrogens with zero attached hydrogens (tertiary/aromatic N) is 2. The van der Waals surface area contributed by atoms with Crippen molar-refractivity contribution in [3.63, 3.8) is 0 Å². The SMILES string of the molecule is CCCCNC(=O)C(CC)N(Cc1ccc(Cl)c(Cl)c1)C(=O)CN(c1cccc(Br)c1)S(=O)(=O)c1ccccc1. The Morgan fingerprint density at radius 1 is 0.950 bits per heavy atom. The molecule has 1 atom stereocenters. The van der Waals surface area contributed by atoms with E-state index in [4.69, 9.17) is 23.2 Å². The summed E-state index contributed by atoms with van der Waals surface area (Å²) < 4.78 is 29.4. The van der Waals surface area contributed by atoms with Crippen LogP contribution >= 0.6 is 39.1 Å². The minimum atomic E-state index is -4.13. The average Bonchev–Trinajstić information content (AvgIpc) is 2.94. The van der Waals surface area contributed by atoms with Gasteiger partial charge < -0.3 is 10.2 Å². The van der Waals surface area contributed by atoms with Crippen molar-refractivity contribution in [2.24, 2.45) is 0 Å². The number of amides is 2. The molecule has 0 aromatic heterocycles. The number of carbonyl (C=O) groups excluding carboxylic acids is 2. The Hall–Kier alpha value is -2.59. The number of halogens is 3. The Bertz CT molecular complexity index is 1420. The van der Waals surface area contributed by atoms with Gasteiger partial charge >= 0.3 is 0 Å². The van der Waals surface area contributed by atoms with Crippen molar-refractivity contribution in [1.29, 1.82) is 0 Å². The van der Waals surface area contributed by atoms with Gasteiger partial charge in [0.1, 0.15) is 12.6 Å². The zero-order chi connectivity index (χ0) is 29.3. The molecule has 0 radical (unpaired) electrons. The highest BCUT2D eigenvalue weighted by Gasteiger charge is 2.33. The molecule has 40 heavy (non-hydrogen) atoms. The zero-order valence-electron chi connectivity index (χ0n) is 22.3. The van der Waals surface area contributed by atoms with Gasteiger partial charge in [0.05, 0.1) is 20.6 Å². The first-order valence-corrected chi connectivity index (χ1v) is 15.9. The third-order valence-corrected chi connectivity index (χ3v) is 9.28. The third kappa shape index (κ3) is 8.22. The van der Waals surface area contributed by atoms with Crippen molar-refractivity contribution in [3.8, 4) is 0 Å². The van der Waals surface area contributed by atoms with Crippen molar-refractivity contribution in [2.75, 3.05) is 17.4 Å². The highest BCUT2D eigenvalue weighted by molar-refractivity contribution is 9.10. The number of unbranched alkanes of at least 4 members (excludes halogenated alkanes) is 1. The summed E-state index contributed by atoms with van der Waals surface area (Å²) in [4.78, 5) is 28.7. The van der Waals surface area contributed by atoms with Crippen LogP contribution in [0, 0.1) is 0 Å². The lowest BCUT2D eigenvalue weighted by atomic mass is 10.1. The maximum Gasteiger partial charge on any atom is 0.264 e. The van der Waals surface area contributed by atoms with E-state index in [1.54, 1.807) is 60.7 Å². The lowest BCUT2D eigenvalue weighted by molar-refractivity contribution is -0.140. The first-order chi connectivity index (χ1) is 19.1. The van der Waals surface area contributed by atoms with E-state index < -0.39 is 28.5 Å². The van der Waals surface area contributed by atoms with Crippen molar-refractivity contribution >= 4 is 66.7 Å². The number of sulfonamides is 1. The van der Waals surface area contributed by atoms with Gasteiger partial charge in [0.15, 0.2) is 0 Å². The molecule has 1 unspecified atom stereocenters. The number of carbonyl (C=O) groups is 2. The molecule has 3 aromatic carbocycles. The monoisotopic (exact) mass is 667 g/mol. The summed E-state index contributed by atoms with van der Waals surface area (Å²) >= 11 is 15.7. The summed E-state index contributed by atoms with van der Waals surface area (Å²) in [6.45, 7) is 3.83. The van der Waals surface area contributed by atoms with Gasteiger partial charge in [-0.05, 0) is 60.9 Å². The van der Waals surface area contributed by atoms with E-state index in [1.165, 1.54) is 17.0 Å². The van der Waals surface area contributed by atoms with Crippen molar-refractivity contribution in [3.05, 3.63) is 92.9 Å². The van der Waals surface area contributed by atoms with Gasteiger partial charge in [0, 0.05) is 17.6 Å². The molecule has 7 nitrogen and oxygen atoms in total. The van der Waals surface area contributed by atoms with Crippen LogP contribution in [0.4, 0.5) is 5.69 Å². The predicted molar refractivity (Wildman–Crippen MR) is 164 cm³/mol. The molecule has 2 amide bonds. The van der Waals surface area contributed by atoms with E-state index in [1.807, 2.05) is 13.8 Å². The second kappa shape index (κ2) is 14.9. The van der Waals surface area contributed by atoms with Crippen LogP contribution in [0.2, 0.25) is 10.0 Å². The van der Waals surface area contributed by atoms with Crippen molar-refractivity contribution in [1.82, 2.24) is 10.2 Å². The largest absolute Gasteiger partial charge is 0.354 e. The second-order valence-corrected chi connectivity index (χ2v) is 12.7.